The van der Waals surface area contributed by atoms with E-state index in [1.807, 2.05) is 30.3 Å². The first-order valence-electron chi connectivity index (χ1n) is 11.2. The van der Waals surface area contributed by atoms with Crippen LogP contribution in [-0.2, 0) is 27.8 Å². The van der Waals surface area contributed by atoms with Crippen LogP contribution in [-0.4, -0.2) is 40.9 Å². The number of fused-ring (bicyclic) bond motifs is 1. The Morgan fingerprint density at radius 3 is 2.28 bits per heavy atom. The van der Waals surface area contributed by atoms with Crippen molar-refractivity contribution in [3.8, 4) is 5.69 Å². The fourth-order valence-electron chi connectivity index (χ4n) is 4.11. The molecule has 0 saturated carbocycles. The van der Waals surface area contributed by atoms with Gasteiger partial charge in [-0.2, -0.15) is 9.40 Å². The van der Waals surface area contributed by atoms with Crippen molar-refractivity contribution in [1.82, 2.24) is 14.1 Å². The smallest absolute Gasteiger partial charge is 0.274 e. The Morgan fingerprint density at radius 1 is 0.944 bits per heavy atom. The Kier molecular flexibility index (Phi) is 6.44. The van der Waals surface area contributed by atoms with E-state index in [-0.39, 0.29) is 28.9 Å². The van der Waals surface area contributed by atoms with Crippen molar-refractivity contribution >= 4 is 44.5 Å². The number of nitrogens with one attached hydrogen (secondary N) is 2. The number of carbonyl (C=O) groups excluding carboxylic acids is 2. The van der Waals surface area contributed by atoms with E-state index >= 15 is 0 Å². The van der Waals surface area contributed by atoms with Crippen LogP contribution in [0.3, 0.4) is 0 Å². The van der Waals surface area contributed by atoms with Crippen LogP contribution >= 0.6 is 11.3 Å². The molecule has 0 fully saturated rings. The predicted octanol–water partition coefficient (Wildman–Crippen LogP) is 3.89. The zero-order valence-corrected chi connectivity index (χ0v) is 21.0. The number of amides is 2. The number of nitrogens with zero attached hydrogens (tertiary/aromatic N) is 3. The molecule has 2 aromatic carbocycles. The highest BCUT2D eigenvalue weighted by atomic mass is 32.2. The van der Waals surface area contributed by atoms with Crippen molar-refractivity contribution in [2.45, 2.75) is 24.1 Å². The number of hydrogen-bond acceptors (Lipinski definition) is 6. The van der Waals surface area contributed by atoms with Gasteiger partial charge in [0.25, 0.3) is 15.9 Å². The van der Waals surface area contributed by atoms with Crippen LogP contribution in [0.2, 0.25) is 0 Å². The number of thiophene rings is 1. The van der Waals surface area contributed by atoms with Crippen LogP contribution in [0.5, 0.6) is 0 Å². The highest BCUT2D eigenvalue weighted by Crippen LogP contribution is 2.30. The van der Waals surface area contributed by atoms with Crippen LogP contribution in [0.25, 0.3) is 5.69 Å². The molecule has 0 spiro atoms. The third kappa shape index (κ3) is 4.68. The molecule has 184 valence electrons. The summed E-state index contributed by atoms with van der Waals surface area (Å²) in [5.74, 6) is -0.595. The third-order valence-electron chi connectivity index (χ3n) is 5.77. The molecule has 0 unspecified atom stereocenters. The number of aromatic nitrogens is 2. The van der Waals surface area contributed by atoms with E-state index in [4.69, 9.17) is 5.10 Å². The zero-order valence-electron chi connectivity index (χ0n) is 19.3. The Labute approximate surface area is 212 Å². The molecule has 2 amide bonds. The van der Waals surface area contributed by atoms with Crippen LogP contribution in [0.1, 0.15) is 28.7 Å². The summed E-state index contributed by atoms with van der Waals surface area (Å²) in [6.45, 7) is 1.75. The number of rotatable bonds is 6. The average molecular weight is 522 g/mol. The second kappa shape index (κ2) is 9.69. The Balaban J connectivity index is 1.51. The van der Waals surface area contributed by atoms with E-state index in [2.05, 4.69) is 10.6 Å². The van der Waals surface area contributed by atoms with Gasteiger partial charge < -0.3 is 10.6 Å². The normalized spacial score (nSPS) is 13.7. The molecule has 9 nitrogen and oxygen atoms in total. The minimum Gasteiger partial charge on any atom is -0.326 e. The highest BCUT2D eigenvalue weighted by Gasteiger charge is 2.34. The monoisotopic (exact) mass is 521 g/mol. The minimum atomic E-state index is -3.68. The lowest BCUT2D eigenvalue weighted by molar-refractivity contribution is -0.114. The molecular weight excluding hydrogens is 498 g/mol. The molecule has 0 bridgehead atoms. The largest absolute Gasteiger partial charge is 0.326 e. The van der Waals surface area contributed by atoms with Crippen LogP contribution in [0.4, 0.5) is 11.4 Å². The van der Waals surface area contributed by atoms with Gasteiger partial charge in [-0.1, -0.05) is 24.3 Å². The molecule has 3 heterocycles. The SMILES string of the molecule is CC(=O)Nc1ccc(NC(=O)c2c3c(nn2-c2ccccc2)CCN(S(=O)(=O)c2cccs2)C3)cc1. The quantitative estimate of drug-likeness (QED) is 0.400. The summed E-state index contributed by atoms with van der Waals surface area (Å²) >= 11 is 1.17. The molecule has 5 rings (SSSR count). The molecule has 4 aromatic rings. The number of sulfonamides is 1. The molecule has 0 saturated heterocycles. The second-order valence-corrected chi connectivity index (χ2v) is 11.4. The van der Waals surface area contributed by atoms with Gasteiger partial charge in [0.2, 0.25) is 5.91 Å². The number of para-hydroxylation sites is 1. The van der Waals surface area contributed by atoms with Crippen molar-refractivity contribution < 1.29 is 18.0 Å². The topological polar surface area (TPSA) is 113 Å². The van der Waals surface area contributed by atoms with Gasteiger partial charge in [-0.3, -0.25) is 9.59 Å². The maximum atomic E-state index is 13.6. The maximum Gasteiger partial charge on any atom is 0.274 e. The van der Waals surface area contributed by atoms with Gasteiger partial charge in [-0.05, 0) is 47.8 Å². The van der Waals surface area contributed by atoms with E-state index < -0.39 is 15.9 Å². The lowest BCUT2D eigenvalue weighted by Crippen LogP contribution is -2.36. The van der Waals surface area contributed by atoms with Gasteiger partial charge in [0.05, 0.1) is 11.4 Å². The molecular formula is C25H23N5O4S2. The van der Waals surface area contributed by atoms with E-state index in [0.29, 0.717) is 34.7 Å². The standard InChI is InChI=1S/C25H23N5O4S2/c1-17(31)26-18-9-11-19(12-10-18)27-25(32)24-21-16-29(36(33,34)23-8-5-15-35-23)14-13-22(21)28-30(24)20-6-3-2-4-7-20/h2-12,15H,13-14,16H2,1H3,(H,26,31)(H,27,32). The van der Waals surface area contributed by atoms with E-state index in [1.165, 1.54) is 22.6 Å². The third-order valence-corrected chi connectivity index (χ3v) is 8.99. The number of benzene rings is 2. The summed E-state index contributed by atoms with van der Waals surface area (Å²) < 4.78 is 29.6. The lowest BCUT2D eigenvalue weighted by atomic mass is 10.1. The molecule has 2 N–H and O–H groups in total. The summed E-state index contributed by atoms with van der Waals surface area (Å²) in [7, 11) is -3.68. The minimum absolute atomic E-state index is 0.0482. The fourth-order valence-corrected chi connectivity index (χ4v) is 6.66. The van der Waals surface area contributed by atoms with Crippen molar-refractivity contribution in [3.05, 3.63) is 89.1 Å². The highest BCUT2D eigenvalue weighted by molar-refractivity contribution is 7.91. The van der Waals surface area contributed by atoms with E-state index in [9.17, 15) is 18.0 Å². The van der Waals surface area contributed by atoms with Crippen LogP contribution in [0.15, 0.2) is 76.3 Å². The Bertz CT molecular complexity index is 1510. The van der Waals surface area contributed by atoms with Crippen molar-refractivity contribution in [2.75, 3.05) is 17.2 Å². The molecule has 11 heteroatoms. The van der Waals surface area contributed by atoms with E-state index in [1.54, 1.807) is 46.5 Å². The zero-order chi connectivity index (χ0) is 25.3. The first-order valence-corrected chi connectivity index (χ1v) is 13.5. The summed E-state index contributed by atoms with van der Waals surface area (Å²) in [6.07, 6.45) is 0.394. The number of carbonyl (C=O) groups is 2. The van der Waals surface area contributed by atoms with Crippen molar-refractivity contribution in [1.29, 1.82) is 0 Å². The van der Waals surface area contributed by atoms with Gasteiger partial charge in [0.15, 0.2) is 0 Å². The lowest BCUT2D eigenvalue weighted by Gasteiger charge is -2.25. The molecule has 0 atom stereocenters. The Morgan fingerprint density at radius 2 is 1.64 bits per heavy atom. The van der Waals surface area contributed by atoms with Gasteiger partial charge in [-0.15, -0.1) is 11.3 Å². The Hall–Kier alpha value is -3.80. The summed E-state index contributed by atoms with van der Waals surface area (Å²) in [5, 5.41) is 12.0. The van der Waals surface area contributed by atoms with Gasteiger partial charge >= 0.3 is 0 Å². The molecule has 2 aromatic heterocycles. The van der Waals surface area contributed by atoms with Crippen LogP contribution < -0.4 is 10.6 Å². The first-order chi connectivity index (χ1) is 17.3. The second-order valence-electron chi connectivity index (χ2n) is 8.25. The summed E-state index contributed by atoms with van der Waals surface area (Å²) in [6, 6.07) is 19.3. The van der Waals surface area contributed by atoms with E-state index in [0.717, 1.165) is 0 Å². The molecule has 1 aliphatic heterocycles. The van der Waals surface area contributed by atoms with Gasteiger partial charge in [-0.25, -0.2) is 13.1 Å². The van der Waals surface area contributed by atoms with Gasteiger partial charge in [0, 0.05) is 43.4 Å². The predicted molar refractivity (Wildman–Crippen MR) is 138 cm³/mol. The number of hydrogen-bond donors (Lipinski definition) is 2. The number of anilines is 2. The summed E-state index contributed by atoms with van der Waals surface area (Å²) in [4.78, 5) is 24.9. The maximum absolute atomic E-state index is 13.6. The van der Waals surface area contributed by atoms with Crippen molar-refractivity contribution in [3.63, 3.8) is 0 Å². The molecule has 0 radical (unpaired) electrons. The average Bonchev–Trinajstić information content (AvgIpc) is 3.54. The molecule has 36 heavy (non-hydrogen) atoms. The summed E-state index contributed by atoms with van der Waals surface area (Å²) in [5.41, 5.74) is 3.41. The van der Waals surface area contributed by atoms with Crippen molar-refractivity contribution in [2.24, 2.45) is 0 Å². The fraction of sp³-hybridized carbons (Fsp3) is 0.160. The van der Waals surface area contributed by atoms with Gasteiger partial charge in [0.1, 0.15) is 9.90 Å². The first kappa shape index (κ1) is 23.9. The molecule has 1 aliphatic rings. The molecule has 0 aliphatic carbocycles. The van der Waals surface area contributed by atoms with Crippen LogP contribution in [0, 0.1) is 0 Å².